The van der Waals surface area contributed by atoms with Crippen LogP contribution in [0.15, 0.2) is 48.7 Å². The van der Waals surface area contributed by atoms with E-state index in [1.54, 1.807) is 20.3 Å². The van der Waals surface area contributed by atoms with Gasteiger partial charge in [-0.2, -0.15) is 0 Å². The van der Waals surface area contributed by atoms with Gasteiger partial charge in [0, 0.05) is 41.8 Å². The van der Waals surface area contributed by atoms with Gasteiger partial charge in [-0.15, -0.1) is 0 Å². The van der Waals surface area contributed by atoms with Crippen molar-refractivity contribution in [1.82, 2.24) is 9.88 Å². The van der Waals surface area contributed by atoms with Crippen molar-refractivity contribution in [2.75, 3.05) is 27.3 Å². The highest BCUT2D eigenvalue weighted by Gasteiger charge is 2.26. The van der Waals surface area contributed by atoms with Crippen LogP contribution < -0.4 is 9.47 Å². The lowest BCUT2D eigenvalue weighted by atomic mass is 9.92. The minimum atomic E-state index is 0.0484. The van der Waals surface area contributed by atoms with E-state index in [2.05, 4.69) is 13.0 Å². The van der Waals surface area contributed by atoms with Crippen LogP contribution in [0.25, 0.3) is 10.8 Å². The lowest BCUT2D eigenvalue weighted by Crippen LogP contribution is -2.39. The van der Waals surface area contributed by atoms with Gasteiger partial charge in [0.2, 0.25) is 0 Å². The first-order chi connectivity index (χ1) is 14.1. The molecule has 1 saturated heterocycles. The summed E-state index contributed by atoms with van der Waals surface area (Å²) in [5, 5.41) is 2.26. The van der Waals surface area contributed by atoms with Crippen molar-refractivity contribution >= 4 is 16.7 Å². The average molecular weight is 390 g/mol. The van der Waals surface area contributed by atoms with Crippen LogP contribution in [-0.4, -0.2) is 43.1 Å². The van der Waals surface area contributed by atoms with Gasteiger partial charge in [0.1, 0.15) is 11.5 Å². The van der Waals surface area contributed by atoms with E-state index in [1.807, 2.05) is 41.4 Å². The zero-order valence-corrected chi connectivity index (χ0v) is 17.1. The molecule has 29 heavy (non-hydrogen) atoms. The molecule has 2 aromatic carbocycles. The number of nitrogens with zero attached hydrogens (tertiary/aromatic N) is 2. The van der Waals surface area contributed by atoms with Crippen molar-refractivity contribution < 1.29 is 14.3 Å². The summed E-state index contributed by atoms with van der Waals surface area (Å²) in [6.07, 6.45) is 3.93. The minimum Gasteiger partial charge on any atom is -0.497 e. The topological polar surface area (TPSA) is 51.7 Å². The number of piperidine rings is 1. The van der Waals surface area contributed by atoms with Crippen LogP contribution in [0.1, 0.15) is 40.4 Å². The molecular weight excluding hydrogens is 364 g/mol. The van der Waals surface area contributed by atoms with Crippen LogP contribution >= 0.6 is 0 Å². The third-order valence-electron chi connectivity index (χ3n) is 5.81. The third-order valence-corrected chi connectivity index (χ3v) is 5.81. The van der Waals surface area contributed by atoms with E-state index in [9.17, 15) is 4.79 Å². The minimum absolute atomic E-state index is 0.0484. The Kier molecular flexibility index (Phi) is 5.38. The fraction of sp³-hybridized carbons (Fsp3) is 0.333. The largest absolute Gasteiger partial charge is 0.497 e. The number of carbonyl (C=O) groups excluding carboxylic acids is 1. The molecule has 5 nitrogen and oxygen atoms in total. The predicted octanol–water partition coefficient (Wildman–Crippen LogP) is 4.58. The van der Waals surface area contributed by atoms with Gasteiger partial charge >= 0.3 is 0 Å². The van der Waals surface area contributed by atoms with Gasteiger partial charge in [0.05, 0.1) is 14.2 Å². The zero-order chi connectivity index (χ0) is 20.4. The van der Waals surface area contributed by atoms with Gasteiger partial charge in [0.15, 0.2) is 0 Å². The number of rotatable bonds is 4. The number of amides is 1. The van der Waals surface area contributed by atoms with Gasteiger partial charge in [0.25, 0.3) is 5.91 Å². The second kappa shape index (κ2) is 8.11. The molecule has 1 atom stereocenters. The summed E-state index contributed by atoms with van der Waals surface area (Å²) in [7, 11) is 3.31. The Balaban J connectivity index is 1.59. The number of fused-ring (bicyclic) bond motifs is 1. The maximum Gasteiger partial charge on any atom is 0.254 e. The fourth-order valence-electron chi connectivity index (χ4n) is 4.15. The normalized spacial score (nSPS) is 16.7. The maximum atomic E-state index is 13.0. The molecule has 0 N–H and O–H groups in total. The molecule has 0 aliphatic carbocycles. The third kappa shape index (κ3) is 3.77. The van der Waals surface area contributed by atoms with Crippen molar-refractivity contribution in [2.24, 2.45) is 0 Å². The maximum absolute atomic E-state index is 13.0. The molecule has 1 aliphatic rings. The molecule has 3 aromatic rings. The zero-order valence-electron chi connectivity index (χ0n) is 17.1. The predicted molar refractivity (Wildman–Crippen MR) is 114 cm³/mol. The van der Waals surface area contributed by atoms with Crippen molar-refractivity contribution in [3.63, 3.8) is 0 Å². The Hall–Kier alpha value is -3.08. The highest BCUT2D eigenvalue weighted by molar-refractivity contribution is 5.94. The molecule has 1 amide bonds. The van der Waals surface area contributed by atoms with Crippen LogP contribution in [0.2, 0.25) is 0 Å². The van der Waals surface area contributed by atoms with E-state index in [-0.39, 0.29) is 11.8 Å². The number of benzene rings is 2. The number of likely N-dealkylation sites (tertiary alicyclic amines) is 1. The summed E-state index contributed by atoms with van der Waals surface area (Å²) in [6.45, 7) is 3.52. The number of hydrogen-bond acceptors (Lipinski definition) is 4. The molecule has 1 aromatic heterocycles. The van der Waals surface area contributed by atoms with Crippen LogP contribution in [0.4, 0.5) is 0 Å². The highest BCUT2D eigenvalue weighted by Crippen LogP contribution is 2.32. The van der Waals surface area contributed by atoms with E-state index in [4.69, 9.17) is 14.5 Å². The van der Waals surface area contributed by atoms with Gasteiger partial charge in [-0.05, 0) is 67.1 Å². The molecule has 1 fully saturated rings. The summed E-state index contributed by atoms with van der Waals surface area (Å²) in [4.78, 5) is 19.7. The lowest BCUT2D eigenvalue weighted by molar-refractivity contribution is 0.0705. The van der Waals surface area contributed by atoms with Gasteiger partial charge in [-0.1, -0.05) is 6.07 Å². The Morgan fingerprint density at radius 3 is 2.79 bits per heavy atom. The second-order valence-corrected chi connectivity index (χ2v) is 7.55. The number of pyridine rings is 1. The Morgan fingerprint density at radius 1 is 1.14 bits per heavy atom. The average Bonchev–Trinajstić information content (AvgIpc) is 2.79. The van der Waals surface area contributed by atoms with Crippen LogP contribution in [0.5, 0.6) is 11.5 Å². The number of ether oxygens (including phenoxy) is 2. The molecule has 0 spiro atoms. The quantitative estimate of drug-likeness (QED) is 0.654. The first-order valence-electron chi connectivity index (χ1n) is 9.97. The number of methoxy groups -OCH3 is 2. The molecule has 150 valence electrons. The number of carbonyl (C=O) groups is 1. The SMILES string of the molecule is COc1cccc(C(=O)N2CCC[C@@H](c3cc4c(C)c(OC)ccc4cn3)C2)c1. The number of aryl methyl sites for hydroxylation is 1. The van der Waals surface area contributed by atoms with Crippen LogP contribution in [-0.2, 0) is 0 Å². The van der Waals surface area contributed by atoms with Crippen molar-refractivity contribution in [2.45, 2.75) is 25.7 Å². The summed E-state index contributed by atoms with van der Waals surface area (Å²) >= 11 is 0. The Morgan fingerprint density at radius 2 is 2.00 bits per heavy atom. The smallest absolute Gasteiger partial charge is 0.254 e. The molecule has 0 unspecified atom stereocenters. The molecule has 0 saturated carbocycles. The van der Waals surface area contributed by atoms with E-state index in [1.165, 1.54) is 0 Å². The fourth-order valence-corrected chi connectivity index (χ4v) is 4.15. The molecule has 2 heterocycles. The number of aromatic nitrogens is 1. The lowest BCUT2D eigenvalue weighted by Gasteiger charge is -2.32. The van der Waals surface area contributed by atoms with E-state index in [0.717, 1.165) is 47.2 Å². The molecular formula is C24H26N2O3. The van der Waals surface area contributed by atoms with Gasteiger partial charge in [-0.25, -0.2) is 0 Å². The Labute approximate surface area is 171 Å². The standard InChI is InChI=1S/C24H26N2O3/c1-16-21-13-22(25-14-18(21)9-10-23(16)29-3)19-7-5-11-26(15-19)24(27)17-6-4-8-20(12-17)28-2/h4,6,8-10,12-14,19H,5,7,11,15H2,1-3H3/t19-/m1/s1. The van der Waals surface area contributed by atoms with Crippen molar-refractivity contribution in [3.8, 4) is 11.5 Å². The van der Waals surface area contributed by atoms with E-state index >= 15 is 0 Å². The second-order valence-electron chi connectivity index (χ2n) is 7.55. The summed E-state index contributed by atoms with van der Waals surface area (Å²) in [6, 6.07) is 13.5. The monoisotopic (exact) mass is 390 g/mol. The Bertz CT molecular complexity index is 1050. The molecule has 0 bridgehead atoms. The summed E-state index contributed by atoms with van der Waals surface area (Å²) in [5.41, 5.74) is 2.82. The van der Waals surface area contributed by atoms with Gasteiger partial charge < -0.3 is 14.4 Å². The van der Waals surface area contributed by atoms with E-state index < -0.39 is 0 Å². The summed E-state index contributed by atoms with van der Waals surface area (Å²) in [5.74, 6) is 1.86. The van der Waals surface area contributed by atoms with E-state index in [0.29, 0.717) is 17.9 Å². The van der Waals surface area contributed by atoms with Crippen LogP contribution in [0, 0.1) is 6.92 Å². The summed E-state index contributed by atoms with van der Waals surface area (Å²) < 4.78 is 10.7. The molecule has 5 heteroatoms. The highest BCUT2D eigenvalue weighted by atomic mass is 16.5. The molecule has 1 aliphatic heterocycles. The first-order valence-corrected chi connectivity index (χ1v) is 9.97. The van der Waals surface area contributed by atoms with Crippen molar-refractivity contribution in [3.05, 3.63) is 65.5 Å². The van der Waals surface area contributed by atoms with Gasteiger partial charge in [-0.3, -0.25) is 9.78 Å². The molecule has 0 radical (unpaired) electrons. The van der Waals surface area contributed by atoms with Crippen molar-refractivity contribution in [1.29, 1.82) is 0 Å². The van der Waals surface area contributed by atoms with Crippen LogP contribution in [0.3, 0.4) is 0 Å². The number of hydrogen-bond donors (Lipinski definition) is 0. The first kappa shape index (κ1) is 19.2. The molecule has 4 rings (SSSR count).